The lowest BCUT2D eigenvalue weighted by Crippen LogP contribution is -2.57. The quantitative estimate of drug-likeness (QED) is 0.926. The number of hydrogen-bond acceptors (Lipinski definition) is 3. The van der Waals surface area contributed by atoms with Gasteiger partial charge in [0.05, 0.1) is 5.54 Å². The molecule has 2 saturated carbocycles. The summed E-state index contributed by atoms with van der Waals surface area (Å²) in [4.78, 5) is 15.0. The van der Waals surface area contributed by atoms with Crippen LogP contribution in [0.4, 0.5) is 0 Å². The maximum atomic E-state index is 13.0. The first-order valence-corrected chi connectivity index (χ1v) is 8.64. The summed E-state index contributed by atoms with van der Waals surface area (Å²) >= 11 is 1.69. The summed E-state index contributed by atoms with van der Waals surface area (Å²) in [5.74, 6) is 0.762. The Morgan fingerprint density at radius 1 is 1.50 bits per heavy atom. The molecule has 0 spiro atoms. The van der Waals surface area contributed by atoms with Crippen molar-refractivity contribution in [1.29, 1.82) is 0 Å². The van der Waals surface area contributed by atoms with Crippen LogP contribution in [0.1, 0.15) is 51.0 Å². The van der Waals surface area contributed by atoms with Crippen LogP contribution in [0.2, 0.25) is 0 Å². The van der Waals surface area contributed by atoms with Gasteiger partial charge in [0.1, 0.15) is 0 Å². The van der Waals surface area contributed by atoms with Crippen LogP contribution in [-0.4, -0.2) is 22.4 Å². The third-order valence-corrected chi connectivity index (χ3v) is 5.37. The van der Waals surface area contributed by atoms with E-state index in [1.165, 1.54) is 12.0 Å². The first-order chi connectivity index (χ1) is 9.58. The molecular formula is C16H24N2OS. The Morgan fingerprint density at radius 2 is 2.30 bits per heavy atom. The average Bonchev–Trinajstić information content (AvgIpc) is 3.12. The first-order valence-electron chi connectivity index (χ1n) is 7.69. The van der Waals surface area contributed by atoms with Crippen LogP contribution in [0, 0.1) is 5.92 Å². The van der Waals surface area contributed by atoms with Crippen molar-refractivity contribution in [3.05, 3.63) is 22.4 Å². The third-order valence-electron chi connectivity index (χ3n) is 4.64. The van der Waals surface area contributed by atoms with Crippen LogP contribution >= 0.6 is 11.3 Å². The van der Waals surface area contributed by atoms with Gasteiger partial charge in [-0.25, -0.2) is 0 Å². The monoisotopic (exact) mass is 292 g/mol. The molecule has 3 rings (SSSR count). The summed E-state index contributed by atoms with van der Waals surface area (Å²) < 4.78 is 0. The summed E-state index contributed by atoms with van der Waals surface area (Å²) in [5.41, 5.74) is 7.12. The fourth-order valence-corrected chi connectivity index (χ4v) is 4.06. The van der Waals surface area contributed by atoms with Crippen molar-refractivity contribution in [2.24, 2.45) is 11.7 Å². The third kappa shape index (κ3) is 2.91. The van der Waals surface area contributed by atoms with Gasteiger partial charge in [-0.1, -0.05) is 19.8 Å². The Morgan fingerprint density at radius 3 is 2.90 bits per heavy atom. The standard InChI is InChI=1S/C16H24N2OS/c1-12-3-2-7-16(17,9-12)15(19)18(14-4-5-14)10-13-6-8-20-11-13/h6,8,11-12,14H,2-5,7,9-10,17H2,1H3. The van der Waals surface area contributed by atoms with Crippen molar-refractivity contribution >= 4 is 17.2 Å². The fourth-order valence-electron chi connectivity index (χ4n) is 3.40. The highest BCUT2D eigenvalue weighted by atomic mass is 32.1. The smallest absolute Gasteiger partial charge is 0.243 e. The minimum atomic E-state index is -0.615. The molecule has 4 heteroatoms. The van der Waals surface area contributed by atoms with E-state index in [0.717, 1.165) is 38.6 Å². The van der Waals surface area contributed by atoms with Gasteiger partial charge >= 0.3 is 0 Å². The van der Waals surface area contributed by atoms with Gasteiger partial charge in [0, 0.05) is 12.6 Å². The summed E-state index contributed by atoms with van der Waals surface area (Å²) in [6.07, 6.45) is 6.27. The average molecular weight is 292 g/mol. The maximum absolute atomic E-state index is 13.0. The van der Waals surface area contributed by atoms with E-state index in [9.17, 15) is 4.79 Å². The predicted octanol–water partition coefficient (Wildman–Crippen LogP) is 3.15. The van der Waals surface area contributed by atoms with Gasteiger partial charge < -0.3 is 10.6 Å². The van der Waals surface area contributed by atoms with E-state index in [0.29, 0.717) is 12.0 Å². The zero-order chi connectivity index (χ0) is 14.2. The van der Waals surface area contributed by atoms with E-state index in [2.05, 4.69) is 28.7 Å². The number of amides is 1. The van der Waals surface area contributed by atoms with E-state index in [4.69, 9.17) is 5.73 Å². The molecule has 2 fully saturated rings. The molecule has 2 atom stereocenters. The molecular weight excluding hydrogens is 268 g/mol. The van der Waals surface area contributed by atoms with E-state index in [1.807, 2.05) is 0 Å². The second-order valence-corrected chi connectivity index (χ2v) is 7.43. The number of carbonyl (C=O) groups is 1. The summed E-state index contributed by atoms with van der Waals surface area (Å²) in [6.45, 7) is 2.95. The van der Waals surface area contributed by atoms with Gasteiger partial charge in [0.2, 0.25) is 5.91 Å². The Kier molecular flexibility index (Phi) is 3.87. The molecule has 0 bridgehead atoms. The number of hydrogen-bond donors (Lipinski definition) is 1. The normalized spacial score (nSPS) is 30.2. The summed E-state index contributed by atoms with van der Waals surface area (Å²) in [6, 6.07) is 2.54. The van der Waals surface area contributed by atoms with Crippen LogP contribution in [0.5, 0.6) is 0 Å². The predicted molar refractivity (Wildman–Crippen MR) is 82.4 cm³/mol. The van der Waals surface area contributed by atoms with Crippen molar-refractivity contribution in [2.45, 2.75) is 63.6 Å². The van der Waals surface area contributed by atoms with E-state index in [-0.39, 0.29) is 5.91 Å². The van der Waals surface area contributed by atoms with Gasteiger partial charge in [0.25, 0.3) is 0 Å². The molecule has 2 aliphatic carbocycles. The lowest BCUT2D eigenvalue weighted by molar-refractivity contribution is -0.140. The van der Waals surface area contributed by atoms with E-state index < -0.39 is 5.54 Å². The van der Waals surface area contributed by atoms with Crippen molar-refractivity contribution in [2.75, 3.05) is 0 Å². The molecule has 3 nitrogen and oxygen atoms in total. The van der Waals surface area contributed by atoms with Crippen LogP contribution in [0.15, 0.2) is 16.8 Å². The molecule has 2 unspecified atom stereocenters. The van der Waals surface area contributed by atoms with Gasteiger partial charge in [-0.15, -0.1) is 0 Å². The molecule has 0 saturated heterocycles. The largest absolute Gasteiger partial charge is 0.334 e. The molecule has 2 N–H and O–H groups in total. The lowest BCUT2D eigenvalue weighted by Gasteiger charge is -2.39. The lowest BCUT2D eigenvalue weighted by atomic mass is 9.76. The topological polar surface area (TPSA) is 46.3 Å². The van der Waals surface area contributed by atoms with Gasteiger partial charge in [-0.2, -0.15) is 11.3 Å². The van der Waals surface area contributed by atoms with Gasteiger partial charge in [-0.05, 0) is 54.0 Å². The maximum Gasteiger partial charge on any atom is 0.243 e. The zero-order valence-electron chi connectivity index (χ0n) is 12.2. The fraction of sp³-hybridized carbons (Fsp3) is 0.688. The highest BCUT2D eigenvalue weighted by molar-refractivity contribution is 7.07. The highest BCUT2D eigenvalue weighted by Crippen LogP contribution is 2.36. The Labute approximate surface area is 125 Å². The number of rotatable bonds is 4. The van der Waals surface area contributed by atoms with Crippen LogP contribution in [0.25, 0.3) is 0 Å². The van der Waals surface area contributed by atoms with Gasteiger partial charge in [-0.3, -0.25) is 4.79 Å². The van der Waals surface area contributed by atoms with Gasteiger partial charge in [0.15, 0.2) is 0 Å². The highest BCUT2D eigenvalue weighted by Gasteiger charge is 2.44. The molecule has 0 aromatic carbocycles. The van der Waals surface area contributed by atoms with Crippen molar-refractivity contribution in [3.63, 3.8) is 0 Å². The summed E-state index contributed by atoms with van der Waals surface area (Å²) in [7, 11) is 0. The van der Waals surface area contributed by atoms with E-state index >= 15 is 0 Å². The Balaban J connectivity index is 1.75. The van der Waals surface area contributed by atoms with Crippen molar-refractivity contribution < 1.29 is 4.79 Å². The number of thiophene rings is 1. The summed E-state index contributed by atoms with van der Waals surface area (Å²) in [5, 5.41) is 4.21. The molecule has 1 heterocycles. The minimum absolute atomic E-state index is 0.192. The van der Waals surface area contributed by atoms with Crippen LogP contribution < -0.4 is 5.73 Å². The molecule has 1 aromatic heterocycles. The van der Waals surface area contributed by atoms with Crippen LogP contribution in [0.3, 0.4) is 0 Å². The Hall–Kier alpha value is -0.870. The van der Waals surface area contributed by atoms with Crippen molar-refractivity contribution in [3.8, 4) is 0 Å². The molecule has 110 valence electrons. The zero-order valence-corrected chi connectivity index (χ0v) is 13.0. The number of carbonyl (C=O) groups excluding carboxylic acids is 1. The SMILES string of the molecule is CC1CCCC(N)(C(=O)N(Cc2ccsc2)C2CC2)C1. The van der Waals surface area contributed by atoms with E-state index in [1.54, 1.807) is 11.3 Å². The minimum Gasteiger partial charge on any atom is -0.334 e. The van der Waals surface area contributed by atoms with Crippen LogP contribution in [-0.2, 0) is 11.3 Å². The molecule has 1 amide bonds. The second kappa shape index (κ2) is 5.49. The van der Waals surface area contributed by atoms with Crippen molar-refractivity contribution in [1.82, 2.24) is 4.90 Å². The first kappa shape index (κ1) is 14.1. The molecule has 0 radical (unpaired) electrons. The Bertz CT molecular complexity index is 469. The second-order valence-electron chi connectivity index (χ2n) is 6.65. The molecule has 0 aliphatic heterocycles. The molecule has 2 aliphatic rings. The molecule has 20 heavy (non-hydrogen) atoms. The number of nitrogens with two attached hydrogens (primary N) is 1. The number of nitrogens with zero attached hydrogens (tertiary/aromatic N) is 1. The molecule has 1 aromatic rings.